The maximum absolute atomic E-state index is 6.73. The Morgan fingerprint density at radius 1 is 0.262 bits per heavy atom. The number of aromatic nitrogens is 3. The van der Waals surface area contributed by atoms with Crippen LogP contribution in [0.5, 0.6) is 0 Å². The zero-order chi connectivity index (χ0) is 40.5. The average Bonchev–Trinajstić information content (AvgIpc) is 3.74. The largest absolute Gasteiger partial charge is 0.455 e. The Kier molecular flexibility index (Phi) is 9.14. The maximum Gasteiger partial charge on any atom is 0.164 e. The summed E-state index contributed by atoms with van der Waals surface area (Å²) in [6.45, 7) is 0. The third kappa shape index (κ3) is 6.96. The van der Waals surface area contributed by atoms with Gasteiger partial charge in [-0.1, -0.05) is 212 Å². The van der Waals surface area contributed by atoms with Gasteiger partial charge in [0.1, 0.15) is 11.2 Å². The zero-order valence-electron chi connectivity index (χ0n) is 33.1. The van der Waals surface area contributed by atoms with Crippen LogP contribution in [0.15, 0.2) is 229 Å². The molecule has 0 spiro atoms. The SMILES string of the molecule is c1ccc(-c2ccc(-c3ccc(-c4nc(-c5cccc(-c6ccccc6)c5)nc(-c5cccc6oc7c(-c8ccc(-c9ccccc9)cc8)cccc7c56)n4)cc3)cc2)cc1. The van der Waals surface area contributed by atoms with E-state index < -0.39 is 0 Å². The number of fused-ring (bicyclic) bond motifs is 3. The quantitative estimate of drug-likeness (QED) is 0.154. The lowest BCUT2D eigenvalue weighted by molar-refractivity contribution is 0.670. The Hall–Kier alpha value is -8.21. The lowest BCUT2D eigenvalue weighted by atomic mass is 9.98. The van der Waals surface area contributed by atoms with E-state index in [1.54, 1.807) is 0 Å². The van der Waals surface area contributed by atoms with Gasteiger partial charge in [0.25, 0.3) is 0 Å². The van der Waals surface area contributed by atoms with Crippen LogP contribution in [0.1, 0.15) is 0 Å². The number of nitrogens with zero attached hydrogens (tertiary/aromatic N) is 3. The third-order valence-corrected chi connectivity index (χ3v) is 11.4. The highest BCUT2D eigenvalue weighted by Gasteiger charge is 2.20. The summed E-state index contributed by atoms with van der Waals surface area (Å²) >= 11 is 0. The van der Waals surface area contributed by atoms with Gasteiger partial charge < -0.3 is 4.42 Å². The summed E-state index contributed by atoms with van der Waals surface area (Å²) in [5, 5.41) is 1.98. The molecule has 11 rings (SSSR count). The molecule has 0 N–H and O–H groups in total. The van der Waals surface area contributed by atoms with Crippen molar-refractivity contribution in [1.82, 2.24) is 15.0 Å². The van der Waals surface area contributed by atoms with Crippen molar-refractivity contribution in [3.05, 3.63) is 224 Å². The smallest absolute Gasteiger partial charge is 0.164 e. The second-order valence-electron chi connectivity index (χ2n) is 15.2. The van der Waals surface area contributed by atoms with Crippen molar-refractivity contribution in [3.8, 4) is 89.8 Å². The van der Waals surface area contributed by atoms with E-state index in [0.717, 1.165) is 72.0 Å². The van der Waals surface area contributed by atoms with Crippen molar-refractivity contribution < 1.29 is 4.42 Å². The van der Waals surface area contributed by atoms with Crippen LogP contribution < -0.4 is 0 Å². The molecule has 0 saturated heterocycles. The molecule has 2 heterocycles. The number of hydrogen-bond acceptors (Lipinski definition) is 4. The molecular formula is C57H37N3O. The molecule has 11 aromatic rings. The van der Waals surface area contributed by atoms with Crippen molar-refractivity contribution in [2.45, 2.75) is 0 Å². The van der Waals surface area contributed by atoms with Crippen molar-refractivity contribution in [2.75, 3.05) is 0 Å². The topological polar surface area (TPSA) is 51.8 Å². The molecule has 9 aromatic carbocycles. The first-order valence-electron chi connectivity index (χ1n) is 20.5. The van der Waals surface area contributed by atoms with Crippen molar-refractivity contribution in [2.24, 2.45) is 0 Å². The molecule has 4 heteroatoms. The Morgan fingerprint density at radius 3 is 1.23 bits per heavy atom. The van der Waals surface area contributed by atoms with Gasteiger partial charge >= 0.3 is 0 Å². The van der Waals surface area contributed by atoms with E-state index in [-0.39, 0.29) is 0 Å². The predicted octanol–water partition coefficient (Wildman–Crippen LogP) is 15.1. The van der Waals surface area contributed by atoms with Crippen LogP contribution in [-0.4, -0.2) is 15.0 Å². The highest BCUT2D eigenvalue weighted by molar-refractivity contribution is 6.15. The molecule has 0 saturated carbocycles. The number of para-hydroxylation sites is 1. The molecule has 0 atom stereocenters. The van der Waals surface area contributed by atoms with Crippen molar-refractivity contribution in [3.63, 3.8) is 0 Å². The third-order valence-electron chi connectivity index (χ3n) is 11.4. The molecule has 61 heavy (non-hydrogen) atoms. The predicted molar refractivity (Wildman–Crippen MR) is 251 cm³/mol. The first-order chi connectivity index (χ1) is 30.2. The molecule has 0 radical (unpaired) electrons. The molecule has 0 aliphatic rings. The van der Waals surface area contributed by atoms with Gasteiger partial charge in [-0.3, -0.25) is 0 Å². The molecule has 0 bridgehead atoms. The van der Waals surface area contributed by atoms with Crippen LogP contribution in [0.25, 0.3) is 112 Å². The molecule has 0 aliphatic carbocycles. The van der Waals surface area contributed by atoms with Gasteiger partial charge in [0.05, 0.1) is 0 Å². The first kappa shape index (κ1) is 35.9. The second kappa shape index (κ2) is 15.5. The highest BCUT2D eigenvalue weighted by atomic mass is 16.3. The summed E-state index contributed by atoms with van der Waals surface area (Å²) in [6.07, 6.45) is 0. The molecular weight excluding hydrogens is 743 g/mol. The van der Waals surface area contributed by atoms with Crippen LogP contribution in [0, 0.1) is 0 Å². The summed E-state index contributed by atoms with van der Waals surface area (Å²) < 4.78 is 6.73. The van der Waals surface area contributed by atoms with Gasteiger partial charge in [-0.2, -0.15) is 0 Å². The van der Waals surface area contributed by atoms with E-state index in [0.29, 0.717) is 17.5 Å². The van der Waals surface area contributed by atoms with Gasteiger partial charge in [0, 0.05) is 33.0 Å². The molecule has 0 aliphatic heterocycles. The van der Waals surface area contributed by atoms with Crippen molar-refractivity contribution in [1.29, 1.82) is 0 Å². The fourth-order valence-electron chi connectivity index (χ4n) is 8.25. The lowest BCUT2D eigenvalue weighted by Crippen LogP contribution is -2.00. The minimum atomic E-state index is 0.580. The normalized spacial score (nSPS) is 11.3. The van der Waals surface area contributed by atoms with Gasteiger partial charge in [0.15, 0.2) is 17.5 Å². The van der Waals surface area contributed by atoms with Gasteiger partial charge in [-0.25, -0.2) is 15.0 Å². The van der Waals surface area contributed by atoms with E-state index in [4.69, 9.17) is 19.4 Å². The Balaban J connectivity index is 1.02. The van der Waals surface area contributed by atoms with E-state index in [2.05, 4.69) is 194 Å². The Morgan fingerprint density at radius 2 is 0.656 bits per heavy atom. The van der Waals surface area contributed by atoms with Crippen LogP contribution in [0.4, 0.5) is 0 Å². The van der Waals surface area contributed by atoms with Gasteiger partial charge in [-0.05, 0) is 62.2 Å². The summed E-state index contributed by atoms with van der Waals surface area (Å²) in [4.78, 5) is 15.6. The van der Waals surface area contributed by atoms with Crippen LogP contribution in [0.2, 0.25) is 0 Å². The summed E-state index contributed by atoms with van der Waals surface area (Å²) in [5.74, 6) is 1.78. The summed E-state index contributed by atoms with van der Waals surface area (Å²) in [7, 11) is 0. The van der Waals surface area contributed by atoms with Crippen LogP contribution in [-0.2, 0) is 0 Å². The minimum Gasteiger partial charge on any atom is -0.455 e. The summed E-state index contributed by atoms with van der Waals surface area (Å²) in [5.41, 5.74) is 15.7. The fourth-order valence-corrected chi connectivity index (χ4v) is 8.25. The maximum atomic E-state index is 6.73. The van der Waals surface area contributed by atoms with Crippen LogP contribution >= 0.6 is 0 Å². The molecule has 4 nitrogen and oxygen atoms in total. The molecule has 2 aromatic heterocycles. The molecule has 0 fully saturated rings. The first-order valence-corrected chi connectivity index (χ1v) is 20.5. The van der Waals surface area contributed by atoms with Crippen LogP contribution in [0.3, 0.4) is 0 Å². The zero-order valence-corrected chi connectivity index (χ0v) is 33.1. The second-order valence-corrected chi connectivity index (χ2v) is 15.2. The molecule has 286 valence electrons. The number of rotatable bonds is 8. The Labute approximate surface area is 354 Å². The standard InChI is InChI=1S/C57H37N3O/c1-4-13-38(14-5-1)41-25-27-43(28-26-41)44-31-35-46(36-32-44)55-58-56(48-20-10-19-47(37-48)40-17-8-3-9-18-40)60-57(59-55)51-23-12-24-52-53(51)50-22-11-21-49(54(50)61-52)45-33-29-42(30-34-45)39-15-6-2-7-16-39/h1-37H. The number of benzene rings is 9. The molecule has 0 amide bonds. The Bertz CT molecular complexity index is 3300. The lowest BCUT2D eigenvalue weighted by Gasteiger charge is -2.11. The molecule has 0 unspecified atom stereocenters. The van der Waals surface area contributed by atoms with E-state index >= 15 is 0 Å². The highest BCUT2D eigenvalue weighted by Crippen LogP contribution is 2.41. The van der Waals surface area contributed by atoms with Gasteiger partial charge in [0.2, 0.25) is 0 Å². The van der Waals surface area contributed by atoms with Crippen molar-refractivity contribution >= 4 is 21.9 Å². The van der Waals surface area contributed by atoms with Gasteiger partial charge in [-0.15, -0.1) is 0 Å². The number of furan rings is 1. The summed E-state index contributed by atoms with van der Waals surface area (Å²) in [6, 6.07) is 78.1. The van der Waals surface area contributed by atoms with E-state index in [1.165, 1.54) is 22.3 Å². The fraction of sp³-hybridized carbons (Fsp3) is 0. The monoisotopic (exact) mass is 779 g/mol. The number of hydrogen-bond donors (Lipinski definition) is 0. The average molecular weight is 780 g/mol. The van der Waals surface area contributed by atoms with E-state index in [9.17, 15) is 0 Å². The minimum absolute atomic E-state index is 0.580. The van der Waals surface area contributed by atoms with E-state index in [1.807, 2.05) is 30.3 Å².